The third-order valence-electron chi connectivity index (χ3n) is 2.85. The van der Waals surface area contributed by atoms with Crippen LogP contribution < -0.4 is 0 Å². The van der Waals surface area contributed by atoms with Crippen molar-refractivity contribution in [2.75, 3.05) is 0 Å². The van der Waals surface area contributed by atoms with E-state index in [1.807, 2.05) is 0 Å². The maximum absolute atomic E-state index is 13.8. The molecule has 0 aromatic heterocycles. The Morgan fingerprint density at radius 3 is 2.18 bits per heavy atom. The summed E-state index contributed by atoms with van der Waals surface area (Å²) in [7, 11) is 0. The van der Waals surface area contributed by atoms with E-state index in [2.05, 4.69) is 0 Å². The van der Waals surface area contributed by atoms with E-state index in [4.69, 9.17) is 0 Å². The minimum atomic E-state index is -0.932. The van der Waals surface area contributed by atoms with E-state index < -0.39 is 17.5 Å². The van der Waals surface area contributed by atoms with E-state index in [-0.39, 0.29) is 5.39 Å². The van der Waals surface area contributed by atoms with Crippen LogP contribution in [0.15, 0.2) is 42.5 Å². The van der Waals surface area contributed by atoms with Crippen molar-refractivity contribution >= 4 is 21.5 Å². The summed E-state index contributed by atoms with van der Waals surface area (Å²) >= 11 is 0. The summed E-state index contributed by atoms with van der Waals surface area (Å²) in [6, 6.07) is 10.1. The Labute approximate surface area is 95.3 Å². The van der Waals surface area contributed by atoms with Crippen molar-refractivity contribution in [2.45, 2.75) is 0 Å². The molecule has 0 aliphatic carbocycles. The molecule has 3 rings (SSSR count). The van der Waals surface area contributed by atoms with E-state index in [1.165, 1.54) is 18.2 Å². The van der Waals surface area contributed by atoms with Gasteiger partial charge in [-0.15, -0.1) is 0 Å². The molecule has 0 radical (unpaired) electrons. The Hall–Kier alpha value is -2.03. The van der Waals surface area contributed by atoms with Crippen LogP contribution in [-0.4, -0.2) is 0 Å². The van der Waals surface area contributed by atoms with Gasteiger partial charge in [0.25, 0.3) is 0 Å². The number of fused-ring (bicyclic) bond motifs is 3. The van der Waals surface area contributed by atoms with Gasteiger partial charge in [0.1, 0.15) is 5.82 Å². The van der Waals surface area contributed by atoms with Gasteiger partial charge in [-0.2, -0.15) is 0 Å². The second-order valence-corrected chi connectivity index (χ2v) is 3.89. The smallest absolute Gasteiger partial charge is 0.167 e. The minimum absolute atomic E-state index is 0.127. The molecule has 0 nitrogen and oxygen atoms in total. The zero-order valence-electron chi connectivity index (χ0n) is 8.68. The van der Waals surface area contributed by atoms with Crippen LogP contribution in [0.25, 0.3) is 21.5 Å². The van der Waals surface area contributed by atoms with E-state index in [9.17, 15) is 13.2 Å². The molecular formula is C14H7F3. The molecule has 3 aromatic rings. The van der Waals surface area contributed by atoms with E-state index in [1.54, 1.807) is 18.2 Å². The topological polar surface area (TPSA) is 0 Å². The fraction of sp³-hybridized carbons (Fsp3) is 0. The highest BCUT2D eigenvalue weighted by molar-refractivity contribution is 6.07. The molecule has 0 unspecified atom stereocenters. The third kappa shape index (κ3) is 1.46. The van der Waals surface area contributed by atoms with Gasteiger partial charge in [-0.1, -0.05) is 24.3 Å². The highest BCUT2D eigenvalue weighted by Crippen LogP contribution is 2.29. The zero-order valence-corrected chi connectivity index (χ0v) is 8.68. The third-order valence-corrected chi connectivity index (χ3v) is 2.85. The Morgan fingerprint density at radius 2 is 1.35 bits per heavy atom. The summed E-state index contributed by atoms with van der Waals surface area (Å²) in [4.78, 5) is 0. The van der Waals surface area contributed by atoms with Crippen LogP contribution in [0.4, 0.5) is 13.2 Å². The van der Waals surface area contributed by atoms with E-state index >= 15 is 0 Å². The SMILES string of the molecule is Fc1ccc2ccc3ccc(F)c(F)c3c2c1. The molecule has 0 heterocycles. The molecule has 0 atom stereocenters. The first-order valence-electron chi connectivity index (χ1n) is 5.13. The van der Waals surface area contributed by atoms with Crippen LogP contribution in [-0.2, 0) is 0 Å². The highest BCUT2D eigenvalue weighted by atomic mass is 19.2. The maximum atomic E-state index is 13.8. The molecule has 0 aliphatic rings. The lowest BCUT2D eigenvalue weighted by Gasteiger charge is -2.05. The predicted octanol–water partition coefficient (Wildman–Crippen LogP) is 4.41. The highest BCUT2D eigenvalue weighted by Gasteiger charge is 2.10. The summed E-state index contributed by atoms with van der Waals surface area (Å²) in [5.74, 6) is -2.32. The van der Waals surface area contributed by atoms with Crippen molar-refractivity contribution in [3.05, 3.63) is 59.9 Å². The molecule has 0 saturated carbocycles. The summed E-state index contributed by atoms with van der Waals surface area (Å²) < 4.78 is 40.2. The molecule has 3 heteroatoms. The fourth-order valence-corrected chi connectivity index (χ4v) is 2.05. The molecule has 0 amide bonds. The van der Waals surface area contributed by atoms with Gasteiger partial charge in [0.15, 0.2) is 11.6 Å². The summed E-state index contributed by atoms with van der Waals surface area (Å²) in [6.07, 6.45) is 0. The molecule has 84 valence electrons. The van der Waals surface area contributed by atoms with E-state index in [0.717, 1.165) is 6.07 Å². The lowest BCUT2D eigenvalue weighted by molar-refractivity contribution is 0.517. The first-order chi connectivity index (χ1) is 8.16. The molecule has 0 aliphatic heterocycles. The van der Waals surface area contributed by atoms with Gasteiger partial charge < -0.3 is 0 Å². The zero-order chi connectivity index (χ0) is 12.0. The van der Waals surface area contributed by atoms with Crippen LogP contribution in [0, 0.1) is 17.5 Å². The van der Waals surface area contributed by atoms with Crippen molar-refractivity contribution in [1.82, 2.24) is 0 Å². The largest absolute Gasteiger partial charge is 0.207 e. The number of hydrogen-bond donors (Lipinski definition) is 0. The number of halogens is 3. The van der Waals surface area contributed by atoms with Crippen LogP contribution in [0.2, 0.25) is 0 Å². The summed E-state index contributed by atoms with van der Waals surface area (Å²) in [6.45, 7) is 0. The normalized spacial score (nSPS) is 11.2. The fourth-order valence-electron chi connectivity index (χ4n) is 2.05. The summed E-state index contributed by atoms with van der Waals surface area (Å²) in [5, 5.41) is 1.76. The molecule has 17 heavy (non-hydrogen) atoms. The lowest BCUT2D eigenvalue weighted by Crippen LogP contribution is -1.88. The predicted molar refractivity (Wildman–Crippen MR) is 61.3 cm³/mol. The van der Waals surface area contributed by atoms with Crippen molar-refractivity contribution in [1.29, 1.82) is 0 Å². The van der Waals surface area contributed by atoms with Gasteiger partial charge in [0.05, 0.1) is 0 Å². The first-order valence-corrected chi connectivity index (χ1v) is 5.13. The monoisotopic (exact) mass is 232 g/mol. The maximum Gasteiger partial charge on any atom is 0.167 e. The molecule has 3 aromatic carbocycles. The molecule has 0 spiro atoms. The average Bonchev–Trinajstić information content (AvgIpc) is 2.33. The standard InChI is InChI=1S/C14H7F3/c15-10-5-3-8-1-2-9-4-6-12(16)14(17)13(9)11(8)7-10/h1-7H. The van der Waals surface area contributed by atoms with Gasteiger partial charge in [-0.25, -0.2) is 13.2 Å². The van der Waals surface area contributed by atoms with Crippen molar-refractivity contribution in [3.8, 4) is 0 Å². The molecule has 0 saturated heterocycles. The molecule has 0 fully saturated rings. The van der Waals surface area contributed by atoms with Crippen LogP contribution >= 0.6 is 0 Å². The van der Waals surface area contributed by atoms with Crippen LogP contribution in [0.3, 0.4) is 0 Å². The lowest BCUT2D eigenvalue weighted by atomic mass is 10.0. The van der Waals surface area contributed by atoms with Gasteiger partial charge in [0.2, 0.25) is 0 Å². The Morgan fingerprint density at radius 1 is 0.706 bits per heavy atom. The first kappa shape index (κ1) is 10.1. The van der Waals surface area contributed by atoms with Crippen molar-refractivity contribution in [3.63, 3.8) is 0 Å². The van der Waals surface area contributed by atoms with Crippen molar-refractivity contribution in [2.24, 2.45) is 0 Å². The van der Waals surface area contributed by atoms with E-state index in [0.29, 0.717) is 16.2 Å². The quantitative estimate of drug-likeness (QED) is 0.503. The van der Waals surface area contributed by atoms with Crippen LogP contribution in [0.5, 0.6) is 0 Å². The van der Waals surface area contributed by atoms with Gasteiger partial charge >= 0.3 is 0 Å². The molecular weight excluding hydrogens is 225 g/mol. The minimum Gasteiger partial charge on any atom is -0.207 e. The van der Waals surface area contributed by atoms with Crippen LogP contribution in [0.1, 0.15) is 0 Å². The average molecular weight is 232 g/mol. The summed E-state index contributed by atoms with van der Waals surface area (Å²) in [5.41, 5.74) is 0. The van der Waals surface area contributed by atoms with Gasteiger partial charge in [-0.05, 0) is 34.4 Å². The molecule has 0 N–H and O–H groups in total. The van der Waals surface area contributed by atoms with Gasteiger partial charge in [0, 0.05) is 5.39 Å². The van der Waals surface area contributed by atoms with Crippen molar-refractivity contribution < 1.29 is 13.2 Å². The second-order valence-electron chi connectivity index (χ2n) is 3.89. The second kappa shape index (κ2) is 3.48. The Bertz CT molecular complexity index is 732. The molecule has 0 bridgehead atoms. The number of benzene rings is 3. The van der Waals surface area contributed by atoms with Gasteiger partial charge in [-0.3, -0.25) is 0 Å². The Kier molecular flexibility index (Phi) is 2.08. The number of hydrogen-bond acceptors (Lipinski definition) is 0. The Balaban J connectivity index is 2.61. The number of rotatable bonds is 0.